The highest BCUT2D eigenvalue weighted by Gasteiger charge is 2.50. The Kier molecular flexibility index (Phi) is 47.9. The van der Waals surface area contributed by atoms with Crippen molar-refractivity contribution in [2.24, 2.45) is 0 Å². The van der Waals surface area contributed by atoms with E-state index in [1.807, 2.05) is 0 Å². The number of hydrogen-bond donors (Lipinski definition) is 3. The molecule has 1 aliphatic heterocycles. The van der Waals surface area contributed by atoms with Gasteiger partial charge >= 0.3 is 23.9 Å². The quantitative estimate of drug-likeness (QED) is 0.0228. The fraction of sp³-hybridized carbons (Fsp3) is 0.552. The summed E-state index contributed by atoms with van der Waals surface area (Å²) in [4.78, 5) is 51.1. The van der Waals surface area contributed by atoms with Gasteiger partial charge in [0.15, 0.2) is 24.6 Å². The number of carbonyl (C=O) groups is 4. The van der Waals surface area contributed by atoms with E-state index in [0.717, 1.165) is 128 Å². The molecule has 0 aromatic carbocycles. The third-order valence-corrected chi connectivity index (χ3v) is 12.1. The highest BCUT2D eigenvalue weighted by molar-refractivity contribution is 5.74. The van der Waals surface area contributed by atoms with Crippen LogP contribution in [0.25, 0.3) is 0 Å². The van der Waals surface area contributed by atoms with Crippen LogP contribution in [0.15, 0.2) is 158 Å². The minimum Gasteiger partial charge on any atom is -0.479 e. The first-order chi connectivity index (χ1) is 38.6. The van der Waals surface area contributed by atoms with Gasteiger partial charge in [-0.05, 0) is 141 Å². The van der Waals surface area contributed by atoms with Crippen molar-refractivity contribution in [3.8, 4) is 0 Å². The van der Waals surface area contributed by atoms with Crippen molar-refractivity contribution in [3.05, 3.63) is 158 Å². The molecule has 12 nitrogen and oxygen atoms in total. The molecule has 0 aromatic rings. The third kappa shape index (κ3) is 42.9. The van der Waals surface area contributed by atoms with E-state index in [9.17, 15) is 34.5 Å². The summed E-state index contributed by atoms with van der Waals surface area (Å²) in [5, 5.41) is 31.5. The first-order valence-corrected chi connectivity index (χ1v) is 29.5. The summed E-state index contributed by atoms with van der Waals surface area (Å²) in [6, 6.07) is 0. The minimum absolute atomic E-state index is 0.00196. The lowest BCUT2D eigenvalue weighted by atomic mass is 9.98. The standard InChI is InChI=1S/C67H100O12/c1-4-7-10-13-16-19-22-25-28-29-30-31-34-37-40-43-46-49-52-55-61(70)78-65-63(72)62(71)64(66(73)74)79-67(65)76-57-58(77-60(69)54-51-48-45-42-39-36-33-27-24-21-18-15-12-9-6-3)56-75-59(68)53-50-47-44-41-38-35-32-26-23-20-17-14-11-8-5-2/h7-12,16-21,25-28,30-33,37-42,58,62-65,67,71-72H,4-6,13-15,22-24,29,34-36,43-57H2,1-3H3,(H,73,74)/b10-7-,11-8-,12-9-,19-16-,20-17-,21-18-,28-25-,31-30-,32-26-,33-27-,40-37-,41-38-,42-39-. The zero-order valence-corrected chi connectivity index (χ0v) is 48.3. The first-order valence-electron chi connectivity index (χ1n) is 29.5. The number of hydrogen-bond acceptors (Lipinski definition) is 11. The number of esters is 3. The molecule has 440 valence electrons. The zero-order valence-electron chi connectivity index (χ0n) is 48.3. The van der Waals surface area contributed by atoms with Crippen LogP contribution in [0.2, 0.25) is 0 Å². The Labute approximate surface area is 475 Å². The summed E-state index contributed by atoms with van der Waals surface area (Å²) < 4.78 is 28.3. The molecular weight excluding hydrogens is 997 g/mol. The number of allylic oxidation sites excluding steroid dienone is 26. The summed E-state index contributed by atoms with van der Waals surface area (Å²) >= 11 is 0. The Morgan fingerprint density at radius 3 is 1.15 bits per heavy atom. The van der Waals surface area contributed by atoms with Crippen molar-refractivity contribution in [1.29, 1.82) is 0 Å². The lowest BCUT2D eigenvalue weighted by Crippen LogP contribution is -2.61. The highest BCUT2D eigenvalue weighted by Crippen LogP contribution is 2.26. The molecule has 6 unspecified atom stereocenters. The number of carboxylic acids is 1. The zero-order chi connectivity index (χ0) is 57.5. The molecule has 0 aliphatic carbocycles. The molecule has 79 heavy (non-hydrogen) atoms. The second-order valence-corrected chi connectivity index (χ2v) is 19.1. The number of rotatable bonds is 47. The van der Waals surface area contributed by atoms with Crippen LogP contribution in [0, 0.1) is 0 Å². The van der Waals surface area contributed by atoms with Crippen molar-refractivity contribution in [3.63, 3.8) is 0 Å². The van der Waals surface area contributed by atoms with Crippen LogP contribution in [-0.4, -0.2) is 89.2 Å². The summed E-state index contributed by atoms with van der Waals surface area (Å²) in [5.74, 6) is -3.31. The molecule has 1 aliphatic rings. The van der Waals surface area contributed by atoms with E-state index in [-0.39, 0.29) is 25.9 Å². The number of aliphatic hydroxyl groups is 2. The largest absolute Gasteiger partial charge is 0.479 e. The predicted molar refractivity (Wildman–Crippen MR) is 321 cm³/mol. The van der Waals surface area contributed by atoms with Crippen LogP contribution in [0.1, 0.15) is 188 Å². The number of carbonyl (C=O) groups excluding carboxylic acids is 3. The number of aliphatic hydroxyl groups excluding tert-OH is 2. The van der Waals surface area contributed by atoms with Crippen LogP contribution >= 0.6 is 0 Å². The molecule has 0 saturated carbocycles. The van der Waals surface area contributed by atoms with E-state index in [4.69, 9.17) is 23.7 Å². The number of aliphatic carboxylic acids is 1. The smallest absolute Gasteiger partial charge is 0.335 e. The Morgan fingerprint density at radius 1 is 0.418 bits per heavy atom. The summed E-state index contributed by atoms with van der Waals surface area (Å²) in [6.45, 7) is 5.54. The van der Waals surface area contributed by atoms with E-state index >= 15 is 0 Å². The monoisotopic (exact) mass is 1100 g/mol. The number of carboxylic acid groups (broad SMARTS) is 1. The lowest BCUT2D eigenvalue weighted by molar-refractivity contribution is -0.301. The summed E-state index contributed by atoms with van der Waals surface area (Å²) in [6.07, 6.45) is 65.0. The molecule has 1 heterocycles. The van der Waals surface area contributed by atoms with Crippen LogP contribution in [0.4, 0.5) is 0 Å². The molecule has 1 saturated heterocycles. The Balaban J connectivity index is 2.78. The van der Waals surface area contributed by atoms with Crippen LogP contribution in [-0.2, 0) is 42.9 Å². The van der Waals surface area contributed by atoms with Gasteiger partial charge in [0, 0.05) is 19.3 Å². The van der Waals surface area contributed by atoms with Crippen molar-refractivity contribution >= 4 is 23.9 Å². The summed E-state index contributed by atoms with van der Waals surface area (Å²) in [5.41, 5.74) is 0. The average molecular weight is 1100 g/mol. The minimum atomic E-state index is -1.94. The van der Waals surface area contributed by atoms with Gasteiger partial charge in [0.1, 0.15) is 18.8 Å². The van der Waals surface area contributed by atoms with Crippen LogP contribution in [0.5, 0.6) is 0 Å². The van der Waals surface area contributed by atoms with Crippen molar-refractivity contribution in [1.82, 2.24) is 0 Å². The molecule has 0 radical (unpaired) electrons. The molecular formula is C67H100O12. The van der Waals surface area contributed by atoms with E-state index < -0.39 is 67.3 Å². The van der Waals surface area contributed by atoms with Crippen molar-refractivity contribution in [2.75, 3.05) is 13.2 Å². The third-order valence-electron chi connectivity index (χ3n) is 12.1. The Morgan fingerprint density at radius 2 is 0.759 bits per heavy atom. The topological polar surface area (TPSA) is 175 Å². The molecule has 6 atom stereocenters. The van der Waals surface area contributed by atoms with E-state index in [1.54, 1.807) is 0 Å². The highest BCUT2D eigenvalue weighted by atomic mass is 16.7. The molecule has 0 bridgehead atoms. The molecule has 3 N–H and O–H groups in total. The molecule has 1 fully saturated rings. The molecule has 0 spiro atoms. The van der Waals surface area contributed by atoms with Gasteiger partial charge in [-0.2, -0.15) is 0 Å². The Bertz CT molecular complexity index is 1980. The van der Waals surface area contributed by atoms with Gasteiger partial charge in [-0.1, -0.05) is 185 Å². The van der Waals surface area contributed by atoms with Gasteiger partial charge in [-0.3, -0.25) is 14.4 Å². The fourth-order valence-electron chi connectivity index (χ4n) is 7.67. The van der Waals surface area contributed by atoms with E-state index in [0.29, 0.717) is 19.3 Å². The maximum Gasteiger partial charge on any atom is 0.335 e. The molecule has 0 aromatic heterocycles. The normalized spacial score (nSPS) is 19.0. The Hall–Kier alpha value is -5.66. The second-order valence-electron chi connectivity index (χ2n) is 19.1. The molecule has 1 rings (SSSR count). The van der Waals surface area contributed by atoms with E-state index in [2.05, 4.69) is 179 Å². The van der Waals surface area contributed by atoms with Gasteiger partial charge in [0.05, 0.1) is 6.61 Å². The molecule has 12 heteroatoms. The lowest BCUT2D eigenvalue weighted by Gasteiger charge is -2.40. The fourth-order valence-corrected chi connectivity index (χ4v) is 7.67. The SMILES string of the molecule is CC/C=C\C/C=C\C/C=C\C/C=C\C/C=C\CCCCCC(=O)OC1C(OCC(COC(=O)CCCC/C=C\C/C=C\C/C=C\C/C=C\CC)OC(=O)CCCC/C=C\C/C=C\C/C=C\C/C=C\CC)OC(C(=O)O)C(O)C1O. The number of ether oxygens (including phenoxy) is 5. The van der Waals surface area contributed by atoms with Crippen molar-refractivity contribution < 1.29 is 58.2 Å². The predicted octanol–water partition coefficient (Wildman–Crippen LogP) is 15.3. The van der Waals surface area contributed by atoms with Gasteiger partial charge in [-0.25, -0.2) is 4.79 Å². The van der Waals surface area contributed by atoms with Crippen LogP contribution in [0.3, 0.4) is 0 Å². The first kappa shape index (κ1) is 71.4. The average Bonchev–Trinajstić information content (AvgIpc) is 3.44. The van der Waals surface area contributed by atoms with Gasteiger partial charge in [0.2, 0.25) is 0 Å². The van der Waals surface area contributed by atoms with Crippen LogP contribution < -0.4 is 0 Å². The maximum atomic E-state index is 13.1. The summed E-state index contributed by atoms with van der Waals surface area (Å²) in [7, 11) is 0. The second kappa shape index (κ2) is 53.0. The van der Waals surface area contributed by atoms with Crippen molar-refractivity contribution in [2.45, 2.75) is 225 Å². The maximum absolute atomic E-state index is 13.1. The van der Waals surface area contributed by atoms with Gasteiger partial charge < -0.3 is 39.0 Å². The number of unbranched alkanes of at least 4 members (excludes halogenated alkanes) is 7. The van der Waals surface area contributed by atoms with Gasteiger partial charge in [0.25, 0.3) is 0 Å². The van der Waals surface area contributed by atoms with Gasteiger partial charge in [-0.15, -0.1) is 0 Å². The van der Waals surface area contributed by atoms with E-state index in [1.165, 1.54) is 0 Å². The molecule has 0 amide bonds.